The van der Waals surface area contributed by atoms with Gasteiger partial charge in [-0.3, -0.25) is 0 Å². The topological polar surface area (TPSA) is 44.5 Å². The van der Waals surface area contributed by atoms with Crippen LogP contribution in [0.2, 0.25) is 0 Å². The Morgan fingerprint density at radius 2 is 1.68 bits per heavy atom. The van der Waals surface area contributed by atoms with Crippen LogP contribution < -0.4 is 15.2 Å². The third kappa shape index (κ3) is 3.77. The van der Waals surface area contributed by atoms with Crippen molar-refractivity contribution in [2.45, 2.75) is 38.1 Å². The van der Waals surface area contributed by atoms with Crippen LogP contribution in [0.5, 0.6) is 11.5 Å². The minimum absolute atomic E-state index is 0. The van der Waals surface area contributed by atoms with Crippen molar-refractivity contribution in [3.05, 3.63) is 23.8 Å². The van der Waals surface area contributed by atoms with Crippen molar-refractivity contribution in [2.24, 2.45) is 11.7 Å². The summed E-state index contributed by atoms with van der Waals surface area (Å²) in [5, 5.41) is 0. The predicted octanol–water partition coefficient (Wildman–Crippen LogP) is 3.71. The summed E-state index contributed by atoms with van der Waals surface area (Å²) in [6, 6.07) is 6.13. The smallest absolute Gasteiger partial charge is 0.161 e. The van der Waals surface area contributed by atoms with Crippen molar-refractivity contribution in [3.8, 4) is 11.5 Å². The molecule has 1 aromatic rings. The Kier molecular flexibility index (Phi) is 6.46. The van der Waals surface area contributed by atoms with Gasteiger partial charge in [-0.05, 0) is 36.5 Å². The Balaban J connectivity index is 0.00000180. The Morgan fingerprint density at radius 1 is 1.05 bits per heavy atom. The maximum atomic E-state index is 6.39. The van der Waals surface area contributed by atoms with Crippen molar-refractivity contribution < 1.29 is 9.47 Å². The molecule has 3 nitrogen and oxygen atoms in total. The van der Waals surface area contributed by atoms with E-state index in [2.05, 4.69) is 6.07 Å². The van der Waals surface area contributed by atoms with E-state index in [0.717, 1.165) is 17.1 Å². The quantitative estimate of drug-likeness (QED) is 0.917. The third-order valence-corrected chi connectivity index (χ3v) is 3.95. The number of hydrogen-bond acceptors (Lipinski definition) is 3. The molecule has 0 aliphatic heterocycles. The first-order valence-corrected chi connectivity index (χ1v) is 6.73. The molecule has 2 N–H and O–H groups in total. The van der Waals surface area contributed by atoms with Gasteiger partial charge in [0.15, 0.2) is 11.5 Å². The van der Waals surface area contributed by atoms with Gasteiger partial charge in [0.1, 0.15) is 0 Å². The zero-order chi connectivity index (χ0) is 13.0. The molecule has 1 saturated carbocycles. The van der Waals surface area contributed by atoms with Gasteiger partial charge in [0, 0.05) is 6.04 Å². The second kappa shape index (κ2) is 7.61. The summed E-state index contributed by atoms with van der Waals surface area (Å²) in [5.74, 6) is 2.13. The largest absolute Gasteiger partial charge is 0.493 e. The van der Waals surface area contributed by atoms with E-state index in [4.69, 9.17) is 15.2 Å². The van der Waals surface area contributed by atoms with Crippen LogP contribution in [0.4, 0.5) is 0 Å². The number of ether oxygens (including phenoxy) is 2. The van der Waals surface area contributed by atoms with E-state index in [-0.39, 0.29) is 18.4 Å². The molecule has 19 heavy (non-hydrogen) atoms. The lowest BCUT2D eigenvalue weighted by molar-refractivity contribution is 0.306. The van der Waals surface area contributed by atoms with Crippen LogP contribution in [-0.4, -0.2) is 14.2 Å². The molecule has 1 aliphatic rings. The van der Waals surface area contributed by atoms with Gasteiger partial charge in [0.2, 0.25) is 0 Å². The highest BCUT2D eigenvalue weighted by molar-refractivity contribution is 5.85. The maximum Gasteiger partial charge on any atom is 0.161 e. The summed E-state index contributed by atoms with van der Waals surface area (Å²) in [7, 11) is 3.31. The fourth-order valence-electron chi connectivity index (χ4n) is 2.83. The Hall–Kier alpha value is -0.930. The molecular weight excluding hydrogens is 262 g/mol. The summed E-state index contributed by atoms with van der Waals surface area (Å²) in [5.41, 5.74) is 7.54. The molecule has 1 atom stereocenters. The van der Waals surface area contributed by atoms with Crippen molar-refractivity contribution in [1.82, 2.24) is 0 Å². The third-order valence-electron chi connectivity index (χ3n) is 3.95. The molecule has 0 unspecified atom stereocenters. The number of methoxy groups -OCH3 is 2. The number of benzene rings is 1. The maximum absolute atomic E-state index is 6.39. The highest BCUT2D eigenvalue weighted by atomic mass is 35.5. The zero-order valence-corrected chi connectivity index (χ0v) is 12.5. The molecule has 1 fully saturated rings. The standard InChI is InChI=1S/C15H23NO2.ClH/c1-17-13-9-8-12(10-14(13)18-2)15(16)11-6-4-3-5-7-11;/h8-11,15H,3-7,16H2,1-2H3;1H/t15-;/m0./s1. The lowest BCUT2D eigenvalue weighted by Gasteiger charge is -2.28. The van der Waals surface area contributed by atoms with Gasteiger partial charge in [0.05, 0.1) is 14.2 Å². The minimum Gasteiger partial charge on any atom is -0.493 e. The Bertz CT molecular complexity index is 392. The lowest BCUT2D eigenvalue weighted by Crippen LogP contribution is -2.23. The summed E-state index contributed by atoms with van der Waals surface area (Å²) >= 11 is 0. The molecule has 0 amide bonds. The molecular formula is C15H24ClNO2. The van der Waals surface area contributed by atoms with E-state index in [0.29, 0.717) is 5.92 Å². The zero-order valence-electron chi connectivity index (χ0n) is 11.7. The fraction of sp³-hybridized carbons (Fsp3) is 0.600. The first-order valence-electron chi connectivity index (χ1n) is 6.73. The molecule has 1 aromatic carbocycles. The SMILES string of the molecule is COc1ccc([C@@H](N)C2CCCCC2)cc1OC.Cl. The second-order valence-electron chi connectivity index (χ2n) is 5.04. The van der Waals surface area contributed by atoms with E-state index in [1.807, 2.05) is 12.1 Å². The molecule has 108 valence electrons. The van der Waals surface area contributed by atoms with Gasteiger partial charge in [-0.1, -0.05) is 25.3 Å². The van der Waals surface area contributed by atoms with E-state index < -0.39 is 0 Å². The molecule has 0 saturated heterocycles. The molecule has 4 heteroatoms. The minimum atomic E-state index is 0. The predicted molar refractivity (Wildman–Crippen MR) is 80.3 cm³/mol. The lowest BCUT2D eigenvalue weighted by atomic mass is 9.81. The fourth-order valence-corrected chi connectivity index (χ4v) is 2.83. The van der Waals surface area contributed by atoms with Gasteiger partial charge in [-0.15, -0.1) is 12.4 Å². The number of hydrogen-bond donors (Lipinski definition) is 1. The normalized spacial score (nSPS) is 17.4. The molecule has 0 radical (unpaired) electrons. The van der Waals surface area contributed by atoms with Crippen molar-refractivity contribution >= 4 is 12.4 Å². The molecule has 2 rings (SSSR count). The summed E-state index contributed by atoms with van der Waals surface area (Å²) < 4.78 is 10.6. The van der Waals surface area contributed by atoms with Crippen molar-refractivity contribution in [3.63, 3.8) is 0 Å². The van der Waals surface area contributed by atoms with Crippen LogP contribution in [-0.2, 0) is 0 Å². The molecule has 0 aromatic heterocycles. The average molecular weight is 286 g/mol. The summed E-state index contributed by atoms with van der Waals surface area (Å²) in [6.07, 6.45) is 6.47. The van der Waals surface area contributed by atoms with E-state index in [1.165, 1.54) is 32.1 Å². The Labute approximate surface area is 121 Å². The summed E-state index contributed by atoms with van der Waals surface area (Å²) in [4.78, 5) is 0. The molecule has 1 aliphatic carbocycles. The van der Waals surface area contributed by atoms with Crippen molar-refractivity contribution in [2.75, 3.05) is 14.2 Å². The van der Waals surface area contributed by atoms with Crippen LogP contribution in [0.3, 0.4) is 0 Å². The van der Waals surface area contributed by atoms with Crippen LogP contribution in [0.15, 0.2) is 18.2 Å². The highest BCUT2D eigenvalue weighted by Gasteiger charge is 2.22. The van der Waals surface area contributed by atoms with Crippen LogP contribution in [0, 0.1) is 5.92 Å². The number of rotatable bonds is 4. The Morgan fingerprint density at radius 3 is 2.26 bits per heavy atom. The van der Waals surface area contributed by atoms with E-state index in [9.17, 15) is 0 Å². The van der Waals surface area contributed by atoms with Gasteiger partial charge < -0.3 is 15.2 Å². The van der Waals surface area contributed by atoms with Crippen LogP contribution >= 0.6 is 12.4 Å². The molecule has 0 heterocycles. The summed E-state index contributed by atoms with van der Waals surface area (Å²) in [6.45, 7) is 0. The van der Waals surface area contributed by atoms with E-state index in [1.54, 1.807) is 14.2 Å². The molecule has 0 bridgehead atoms. The van der Waals surface area contributed by atoms with Gasteiger partial charge in [-0.25, -0.2) is 0 Å². The number of nitrogens with two attached hydrogens (primary N) is 1. The first kappa shape index (κ1) is 16.1. The van der Waals surface area contributed by atoms with Gasteiger partial charge >= 0.3 is 0 Å². The van der Waals surface area contributed by atoms with Crippen molar-refractivity contribution in [1.29, 1.82) is 0 Å². The first-order chi connectivity index (χ1) is 8.76. The van der Waals surface area contributed by atoms with Gasteiger partial charge in [0.25, 0.3) is 0 Å². The molecule has 0 spiro atoms. The van der Waals surface area contributed by atoms with E-state index >= 15 is 0 Å². The van der Waals surface area contributed by atoms with Crippen LogP contribution in [0.25, 0.3) is 0 Å². The second-order valence-corrected chi connectivity index (χ2v) is 5.04. The average Bonchev–Trinajstić information content (AvgIpc) is 2.46. The highest BCUT2D eigenvalue weighted by Crippen LogP contribution is 2.36. The number of halogens is 1. The van der Waals surface area contributed by atoms with Gasteiger partial charge in [-0.2, -0.15) is 0 Å². The van der Waals surface area contributed by atoms with Crippen LogP contribution in [0.1, 0.15) is 43.7 Å². The monoisotopic (exact) mass is 285 g/mol.